The molecule has 2 aromatic rings. The molecule has 0 atom stereocenters. The van der Waals surface area contributed by atoms with Crippen LogP contribution in [-0.2, 0) is 17.1 Å². The summed E-state index contributed by atoms with van der Waals surface area (Å²) in [6.45, 7) is 4.92. The van der Waals surface area contributed by atoms with Gasteiger partial charge in [0.2, 0.25) is 0 Å². The van der Waals surface area contributed by atoms with Gasteiger partial charge in [0, 0.05) is 58.5 Å². The van der Waals surface area contributed by atoms with Gasteiger partial charge in [0.05, 0.1) is 0 Å². The van der Waals surface area contributed by atoms with Gasteiger partial charge in [-0.05, 0) is 12.8 Å². The van der Waals surface area contributed by atoms with E-state index >= 15 is 0 Å². The first kappa shape index (κ1) is 20.5. The molecule has 154 valence electrons. The first-order chi connectivity index (χ1) is 13.2. The maximum Gasteiger partial charge on any atom is 0.262 e. The molecule has 0 aliphatic carbocycles. The van der Waals surface area contributed by atoms with Crippen LogP contribution in [0.1, 0.15) is 38.4 Å². The van der Waals surface area contributed by atoms with E-state index in [2.05, 4.69) is 20.3 Å². The molecular weight excluding hydrogens is 378 g/mol. The first-order valence-corrected chi connectivity index (χ1v) is 10.9. The second kappa shape index (κ2) is 8.04. The van der Waals surface area contributed by atoms with E-state index in [1.807, 2.05) is 46.0 Å². The number of imidazole rings is 1. The van der Waals surface area contributed by atoms with Gasteiger partial charge in [-0.3, -0.25) is 0 Å². The zero-order valence-electron chi connectivity index (χ0n) is 17.1. The largest absolute Gasteiger partial charge is 0.367 e. The molecule has 28 heavy (non-hydrogen) atoms. The van der Waals surface area contributed by atoms with Gasteiger partial charge in [0.1, 0.15) is 23.8 Å². The quantitative estimate of drug-likeness (QED) is 0.778. The normalized spacial score (nSPS) is 16.5. The Hall–Kier alpha value is -2.20. The molecule has 3 heterocycles. The number of nitrogens with one attached hydrogen (secondary N) is 1. The van der Waals surface area contributed by atoms with Crippen LogP contribution >= 0.6 is 0 Å². The average Bonchev–Trinajstić information content (AvgIpc) is 3.05. The van der Waals surface area contributed by atoms with E-state index in [1.165, 1.54) is 10.6 Å². The summed E-state index contributed by atoms with van der Waals surface area (Å²) in [6.07, 6.45) is 4.57. The Morgan fingerprint density at radius 1 is 1.21 bits per heavy atom. The van der Waals surface area contributed by atoms with E-state index < -0.39 is 10.0 Å². The highest BCUT2D eigenvalue weighted by molar-refractivity contribution is 7.89. The lowest BCUT2D eigenvalue weighted by atomic mass is 10.1. The predicted octanol–water partition coefficient (Wildman–Crippen LogP) is 1.66. The minimum absolute atomic E-state index is 0.136. The van der Waals surface area contributed by atoms with Gasteiger partial charge in [0.15, 0.2) is 5.03 Å². The summed E-state index contributed by atoms with van der Waals surface area (Å²) in [7, 11) is 2.12. The van der Waals surface area contributed by atoms with Gasteiger partial charge in [-0.2, -0.15) is 4.31 Å². The Kier molecular flexibility index (Phi) is 5.90. The van der Waals surface area contributed by atoms with Gasteiger partial charge in [-0.25, -0.2) is 23.4 Å². The smallest absolute Gasteiger partial charge is 0.262 e. The summed E-state index contributed by atoms with van der Waals surface area (Å²) in [5, 5.41) is 3.53. The molecule has 0 aromatic carbocycles. The van der Waals surface area contributed by atoms with Crippen molar-refractivity contribution in [1.82, 2.24) is 23.8 Å². The van der Waals surface area contributed by atoms with E-state index in [1.54, 1.807) is 10.8 Å². The molecule has 10 heteroatoms. The van der Waals surface area contributed by atoms with Crippen molar-refractivity contribution in [3.8, 4) is 0 Å². The maximum absolute atomic E-state index is 13.0. The summed E-state index contributed by atoms with van der Waals surface area (Å²) in [5.41, 5.74) is 0. The molecule has 0 spiro atoms. The number of hydrogen-bond acceptors (Lipinski definition) is 7. The topological polar surface area (TPSA) is 96.2 Å². The number of rotatable bonds is 6. The van der Waals surface area contributed by atoms with Crippen molar-refractivity contribution >= 4 is 21.7 Å². The third kappa shape index (κ3) is 4.27. The third-order valence-electron chi connectivity index (χ3n) is 4.93. The van der Waals surface area contributed by atoms with Crippen LogP contribution in [0.2, 0.25) is 0 Å². The van der Waals surface area contributed by atoms with Crippen molar-refractivity contribution in [2.45, 2.75) is 43.7 Å². The lowest BCUT2D eigenvalue weighted by Gasteiger charge is -2.31. The molecule has 2 aromatic heterocycles. The number of nitrogens with zero attached hydrogens (tertiary/aromatic N) is 6. The lowest BCUT2D eigenvalue weighted by molar-refractivity contribution is 0.328. The van der Waals surface area contributed by atoms with Gasteiger partial charge in [-0.1, -0.05) is 13.8 Å². The Bertz CT molecular complexity index is 916. The first-order valence-electron chi connectivity index (χ1n) is 9.47. The molecule has 1 aliphatic rings. The van der Waals surface area contributed by atoms with Crippen LogP contribution < -0.4 is 10.2 Å². The second-order valence-electron chi connectivity index (χ2n) is 7.68. The van der Waals surface area contributed by atoms with Gasteiger partial charge in [0.25, 0.3) is 10.0 Å². The summed E-state index contributed by atoms with van der Waals surface area (Å²) in [5.74, 6) is 2.53. The average molecular weight is 408 g/mol. The molecule has 9 nitrogen and oxygen atoms in total. The molecule has 1 fully saturated rings. The zero-order valence-corrected chi connectivity index (χ0v) is 17.9. The minimum atomic E-state index is -3.57. The summed E-state index contributed by atoms with van der Waals surface area (Å²) >= 11 is 0. The summed E-state index contributed by atoms with van der Waals surface area (Å²) < 4.78 is 29.3. The fraction of sp³-hybridized carbons (Fsp3) is 0.611. The third-order valence-corrected chi connectivity index (χ3v) is 6.70. The number of sulfonamides is 1. The van der Waals surface area contributed by atoms with Gasteiger partial charge >= 0.3 is 0 Å². The molecule has 1 aliphatic heterocycles. The molecule has 0 saturated carbocycles. The van der Waals surface area contributed by atoms with E-state index in [0.29, 0.717) is 25.9 Å². The number of anilines is 2. The van der Waals surface area contributed by atoms with E-state index in [4.69, 9.17) is 0 Å². The standard InChI is InChI=1S/C18H29N7O2S/c1-13(2)18-22-17(11-24(18)5)28(26,27)25-8-6-14(7-9-25)21-15-10-16(23(3)4)20-12-19-15/h10-14H,6-9H2,1-5H3,(H,19,20,21). The van der Waals surface area contributed by atoms with Gasteiger partial charge < -0.3 is 14.8 Å². The van der Waals surface area contributed by atoms with E-state index in [-0.39, 0.29) is 17.0 Å². The fourth-order valence-corrected chi connectivity index (χ4v) is 4.82. The van der Waals surface area contributed by atoms with Crippen LogP contribution in [0.15, 0.2) is 23.6 Å². The predicted molar refractivity (Wildman–Crippen MR) is 109 cm³/mol. The molecule has 3 rings (SSSR count). The van der Waals surface area contributed by atoms with Crippen LogP contribution in [-0.4, -0.2) is 65.5 Å². The monoisotopic (exact) mass is 407 g/mol. The van der Waals surface area contributed by atoms with Crippen molar-refractivity contribution in [2.75, 3.05) is 37.4 Å². The molecule has 0 unspecified atom stereocenters. The number of hydrogen-bond donors (Lipinski definition) is 1. The van der Waals surface area contributed by atoms with E-state index in [0.717, 1.165) is 17.5 Å². The van der Waals surface area contributed by atoms with Crippen LogP contribution in [0.4, 0.5) is 11.6 Å². The number of piperidine rings is 1. The van der Waals surface area contributed by atoms with Gasteiger partial charge in [-0.15, -0.1) is 0 Å². The van der Waals surface area contributed by atoms with Crippen LogP contribution in [0.25, 0.3) is 0 Å². The molecule has 0 radical (unpaired) electrons. The van der Waals surface area contributed by atoms with Crippen LogP contribution in [0.5, 0.6) is 0 Å². The second-order valence-corrected chi connectivity index (χ2v) is 9.57. The Labute approximate surface area is 166 Å². The zero-order chi connectivity index (χ0) is 20.5. The van der Waals surface area contributed by atoms with E-state index in [9.17, 15) is 8.42 Å². The van der Waals surface area contributed by atoms with Crippen molar-refractivity contribution in [2.24, 2.45) is 7.05 Å². The minimum Gasteiger partial charge on any atom is -0.367 e. The van der Waals surface area contributed by atoms with Crippen LogP contribution in [0, 0.1) is 0 Å². The number of aromatic nitrogens is 4. The highest BCUT2D eigenvalue weighted by atomic mass is 32.2. The summed E-state index contributed by atoms with van der Waals surface area (Å²) in [6, 6.07) is 2.07. The maximum atomic E-state index is 13.0. The Morgan fingerprint density at radius 2 is 1.89 bits per heavy atom. The van der Waals surface area contributed by atoms with Crippen LogP contribution in [0.3, 0.4) is 0 Å². The lowest BCUT2D eigenvalue weighted by Crippen LogP contribution is -2.42. The molecule has 0 bridgehead atoms. The molecular formula is C18H29N7O2S. The Balaban J connectivity index is 1.65. The van der Waals surface area contributed by atoms with Crippen molar-refractivity contribution in [1.29, 1.82) is 0 Å². The molecule has 1 N–H and O–H groups in total. The molecule has 0 amide bonds. The SMILES string of the molecule is CC(C)c1nc(S(=O)(=O)N2CCC(Nc3cc(N(C)C)ncn3)CC2)cn1C. The van der Waals surface area contributed by atoms with Crippen molar-refractivity contribution in [3.05, 3.63) is 24.4 Å². The highest BCUT2D eigenvalue weighted by Crippen LogP contribution is 2.24. The molecule has 1 saturated heterocycles. The fourth-order valence-electron chi connectivity index (χ4n) is 3.37. The van der Waals surface area contributed by atoms with Crippen molar-refractivity contribution < 1.29 is 8.42 Å². The summed E-state index contributed by atoms with van der Waals surface area (Å²) in [4.78, 5) is 14.8. The number of aryl methyl sites for hydroxylation is 1. The van der Waals surface area contributed by atoms with Crippen molar-refractivity contribution in [3.63, 3.8) is 0 Å². The Morgan fingerprint density at radius 3 is 2.46 bits per heavy atom. The highest BCUT2D eigenvalue weighted by Gasteiger charge is 2.32.